The van der Waals surface area contributed by atoms with Gasteiger partial charge in [0.05, 0.1) is 0 Å². The minimum atomic E-state index is 0.243. The molecule has 0 bridgehead atoms. The number of carbonyl (C=O) groups is 1. The molecule has 2 heterocycles. The van der Waals surface area contributed by atoms with Gasteiger partial charge in [-0.1, -0.05) is 23.7 Å². The second-order valence-corrected chi connectivity index (χ2v) is 8.62. The first-order chi connectivity index (χ1) is 12.1. The normalized spacial score (nSPS) is 29.8. The lowest BCUT2D eigenvalue weighted by atomic mass is 9.70. The van der Waals surface area contributed by atoms with E-state index in [0.717, 1.165) is 37.5 Å². The van der Waals surface area contributed by atoms with Crippen LogP contribution < -0.4 is 0 Å². The lowest BCUT2D eigenvalue weighted by molar-refractivity contribution is -0.137. The molecular formula is C21H29ClN2O. The number of halogens is 1. The molecule has 1 amide bonds. The van der Waals surface area contributed by atoms with Crippen molar-refractivity contribution in [2.75, 3.05) is 19.6 Å². The molecule has 25 heavy (non-hydrogen) atoms. The van der Waals surface area contributed by atoms with E-state index >= 15 is 0 Å². The Hall–Kier alpha value is -1.06. The van der Waals surface area contributed by atoms with Gasteiger partial charge in [0.1, 0.15) is 0 Å². The summed E-state index contributed by atoms with van der Waals surface area (Å²) >= 11 is 6.58. The highest BCUT2D eigenvalue weighted by molar-refractivity contribution is 6.31. The number of hydrogen-bond acceptors (Lipinski definition) is 2. The van der Waals surface area contributed by atoms with Gasteiger partial charge in [-0.05, 0) is 75.1 Å². The smallest absolute Gasteiger partial charge is 0.225 e. The molecule has 3 nitrogen and oxygen atoms in total. The highest BCUT2D eigenvalue weighted by atomic mass is 35.5. The summed E-state index contributed by atoms with van der Waals surface area (Å²) in [4.78, 5) is 17.0. The van der Waals surface area contributed by atoms with Gasteiger partial charge in [0.2, 0.25) is 5.91 Å². The molecule has 1 aromatic rings. The second kappa shape index (κ2) is 7.28. The molecule has 2 aliphatic heterocycles. The quantitative estimate of drug-likeness (QED) is 0.792. The highest BCUT2D eigenvalue weighted by Crippen LogP contribution is 2.43. The lowest BCUT2D eigenvalue weighted by Crippen LogP contribution is -2.39. The fourth-order valence-corrected chi connectivity index (χ4v) is 4.93. The van der Waals surface area contributed by atoms with E-state index in [-0.39, 0.29) is 5.92 Å². The molecule has 2 saturated heterocycles. The fourth-order valence-electron chi connectivity index (χ4n) is 4.68. The van der Waals surface area contributed by atoms with E-state index in [1.807, 2.05) is 0 Å². The predicted molar refractivity (Wildman–Crippen MR) is 102 cm³/mol. The van der Waals surface area contributed by atoms with Crippen LogP contribution in [0, 0.1) is 5.92 Å². The van der Waals surface area contributed by atoms with Crippen LogP contribution in [0.2, 0.25) is 5.02 Å². The van der Waals surface area contributed by atoms with Crippen LogP contribution in [0.5, 0.6) is 0 Å². The van der Waals surface area contributed by atoms with Crippen molar-refractivity contribution in [3.05, 3.63) is 34.3 Å². The van der Waals surface area contributed by atoms with Crippen LogP contribution in [0.15, 0.2) is 18.2 Å². The van der Waals surface area contributed by atoms with Crippen molar-refractivity contribution < 1.29 is 4.79 Å². The Morgan fingerprint density at radius 3 is 2.56 bits per heavy atom. The Balaban J connectivity index is 1.34. The van der Waals surface area contributed by atoms with Gasteiger partial charge in [0, 0.05) is 36.6 Å². The van der Waals surface area contributed by atoms with Crippen molar-refractivity contribution in [1.29, 1.82) is 0 Å². The topological polar surface area (TPSA) is 23.6 Å². The van der Waals surface area contributed by atoms with Crippen LogP contribution in [-0.4, -0.2) is 41.4 Å². The molecule has 1 atom stereocenters. The van der Waals surface area contributed by atoms with E-state index < -0.39 is 0 Å². The van der Waals surface area contributed by atoms with E-state index in [2.05, 4.69) is 34.9 Å². The Bertz CT molecular complexity index is 635. The summed E-state index contributed by atoms with van der Waals surface area (Å²) in [5.41, 5.74) is 2.55. The molecule has 0 unspecified atom stereocenters. The van der Waals surface area contributed by atoms with E-state index in [1.165, 1.54) is 43.4 Å². The third-order valence-corrected chi connectivity index (χ3v) is 6.87. The molecule has 0 N–H and O–H groups in total. The summed E-state index contributed by atoms with van der Waals surface area (Å²) in [5.74, 6) is 1.14. The summed E-state index contributed by atoms with van der Waals surface area (Å²) in [6.45, 7) is 6.38. The molecule has 3 fully saturated rings. The Morgan fingerprint density at radius 1 is 1.16 bits per heavy atom. The van der Waals surface area contributed by atoms with Gasteiger partial charge in [0.25, 0.3) is 0 Å². The van der Waals surface area contributed by atoms with Gasteiger partial charge in [-0.25, -0.2) is 0 Å². The largest absolute Gasteiger partial charge is 0.342 e. The Kier molecular flexibility index (Phi) is 5.06. The summed E-state index contributed by atoms with van der Waals surface area (Å²) in [6.07, 6.45) is 6.93. The third-order valence-electron chi connectivity index (χ3n) is 6.52. The first kappa shape index (κ1) is 17.4. The van der Waals surface area contributed by atoms with Gasteiger partial charge >= 0.3 is 0 Å². The van der Waals surface area contributed by atoms with Gasteiger partial charge in [-0.3, -0.25) is 9.69 Å². The third kappa shape index (κ3) is 3.59. The van der Waals surface area contributed by atoms with Gasteiger partial charge in [-0.15, -0.1) is 0 Å². The van der Waals surface area contributed by atoms with E-state index in [4.69, 9.17) is 11.6 Å². The molecule has 1 aromatic carbocycles. The minimum Gasteiger partial charge on any atom is -0.342 e. The number of likely N-dealkylation sites (tertiary alicyclic amines) is 2. The van der Waals surface area contributed by atoms with Crippen molar-refractivity contribution in [1.82, 2.24) is 9.80 Å². The summed E-state index contributed by atoms with van der Waals surface area (Å²) in [7, 11) is 0. The Labute approximate surface area is 156 Å². The lowest BCUT2D eigenvalue weighted by Gasteiger charge is -2.37. The summed E-state index contributed by atoms with van der Waals surface area (Å²) in [5, 5.41) is 0.894. The maximum absolute atomic E-state index is 12.4. The first-order valence-corrected chi connectivity index (χ1v) is 10.3. The van der Waals surface area contributed by atoms with Gasteiger partial charge < -0.3 is 4.90 Å². The van der Waals surface area contributed by atoms with Crippen molar-refractivity contribution in [3.63, 3.8) is 0 Å². The van der Waals surface area contributed by atoms with Crippen LogP contribution in [0.3, 0.4) is 0 Å². The zero-order valence-electron chi connectivity index (χ0n) is 15.2. The van der Waals surface area contributed by atoms with Crippen molar-refractivity contribution in [2.24, 2.45) is 5.92 Å². The van der Waals surface area contributed by atoms with Crippen LogP contribution in [0.1, 0.15) is 62.5 Å². The molecule has 1 saturated carbocycles. The maximum atomic E-state index is 12.4. The average molecular weight is 361 g/mol. The number of rotatable bonds is 4. The molecule has 0 aromatic heterocycles. The van der Waals surface area contributed by atoms with Crippen molar-refractivity contribution >= 4 is 17.5 Å². The molecule has 0 spiro atoms. The zero-order valence-corrected chi connectivity index (χ0v) is 16.0. The number of carbonyl (C=O) groups excluding carboxylic acids is 1. The molecular weight excluding hydrogens is 332 g/mol. The molecule has 4 heteroatoms. The maximum Gasteiger partial charge on any atom is 0.225 e. The highest BCUT2D eigenvalue weighted by Gasteiger charge is 2.38. The molecule has 136 valence electrons. The van der Waals surface area contributed by atoms with Crippen LogP contribution in [0.4, 0.5) is 0 Å². The summed E-state index contributed by atoms with van der Waals surface area (Å²) in [6, 6.07) is 7.26. The van der Waals surface area contributed by atoms with Crippen molar-refractivity contribution in [3.8, 4) is 0 Å². The van der Waals surface area contributed by atoms with Crippen LogP contribution in [0.25, 0.3) is 0 Å². The fraction of sp³-hybridized carbons (Fsp3) is 0.667. The van der Waals surface area contributed by atoms with Crippen LogP contribution >= 0.6 is 11.6 Å². The number of amides is 1. The molecule has 4 rings (SSSR count). The minimum absolute atomic E-state index is 0.243. The average Bonchev–Trinajstić information content (AvgIpc) is 3.20. The number of hydrogen-bond donors (Lipinski definition) is 0. The van der Waals surface area contributed by atoms with E-state index in [0.29, 0.717) is 17.9 Å². The number of nitrogens with zero attached hydrogens (tertiary/aromatic N) is 2. The van der Waals surface area contributed by atoms with E-state index in [1.54, 1.807) is 0 Å². The molecule has 3 aliphatic rings. The SMILES string of the molecule is C[C@@H]1CCCN1Cc1ccc([C@H]2C[C@@H](C(=O)N3CCCC3)C2)cc1Cl. The van der Waals surface area contributed by atoms with Crippen LogP contribution in [-0.2, 0) is 11.3 Å². The molecule has 0 radical (unpaired) electrons. The van der Waals surface area contributed by atoms with Crippen molar-refractivity contribution in [2.45, 2.75) is 64.0 Å². The zero-order chi connectivity index (χ0) is 17.4. The summed E-state index contributed by atoms with van der Waals surface area (Å²) < 4.78 is 0. The number of benzene rings is 1. The van der Waals surface area contributed by atoms with Gasteiger partial charge in [-0.2, -0.15) is 0 Å². The predicted octanol–water partition coefficient (Wildman–Crippen LogP) is 4.44. The van der Waals surface area contributed by atoms with E-state index in [9.17, 15) is 4.79 Å². The van der Waals surface area contributed by atoms with Gasteiger partial charge in [0.15, 0.2) is 0 Å². The first-order valence-electron chi connectivity index (χ1n) is 9.93. The molecule has 1 aliphatic carbocycles. The monoisotopic (exact) mass is 360 g/mol. The standard InChI is InChI=1S/C21H29ClN2O/c1-15-5-4-10-24(15)14-17-7-6-16(13-20(17)22)18-11-19(12-18)21(25)23-8-2-3-9-23/h6-7,13,15,18-19H,2-5,8-12,14H2,1H3/t15-,18-,19+/m1/s1. The second-order valence-electron chi connectivity index (χ2n) is 8.21. The Morgan fingerprint density at radius 2 is 1.92 bits per heavy atom.